The molecule has 15 heavy (non-hydrogen) atoms. The molecule has 4 heteroatoms. The summed E-state index contributed by atoms with van der Waals surface area (Å²) in [5.74, 6) is 0.791. The Balaban J connectivity index is 1.95. The number of nitriles is 1. The zero-order valence-corrected chi connectivity index (χ0v) is 9.73. The van der Waals surface area contributed by atoms with Crippen LogP contribution in [0, 0.1) is 24.2 Å². The second kappa shape index (κ2) is 4.63. The second-order valence-electron chi connectivity index (χ2n) is 4.12. The molecule has 1 saturated carbocycles. The van der Waals surface area contributed by atoms with Gasteiger partial charge in [-0.2, -0.15) is 9.64 Å². The first kappa shape index (κ1) is 10.4. The Morgan fingerprint density at radius 1 is 1.53 bits per heavy atom. The fourth-order valence-electron chi connectivity index (χ4n) is 2.07. The molecule has 0 unspecified atom stereocenters. The first-order chi connectivity index (χ1) is 7.31. The number of nitrogens with zero attached hydrogens (tertiary/aromatic N) is 2. The average molecular weight is 221 g/mol. The van der Waals surface area contributed by atoms with Crippen molar-refractivity contribution < 1.29 is 0 Å². The summed E-state index contributed by atoms with van der Waals surface area (Å²) in [5, 5.41) is 13.3. The van der Waals surface area contributed by atoms with Crippen LogP contribution in [0.4, 0.5) is 5.00 Å². The Kier molecular flexibility index (Phi) is 3.22. The minimum atomic E-state index is 0.720. The predicted octanol–water partition coefficient (Wildman–Crippen LogP) is 2.93. The molecule has 1 aliphatic carbocycles. The molecular formula is C11H15N3S. The molecular weight excluding hydrogens is 206 g/mol. The predicted molar refractivity (Wildman–Crippen MR) is 62.0 cm³/mol. The summed E-state index contributed by atoms with van der Waals surface area (Å²) in [6, 6.07) is 2.20. The van der Waals surface area contributed by atoms with E-state index in [1.807, 2.05) is 6.92 Å². The highest BCUT2D eigenvalue weighted by Gasteiger charge is 2.16. The average Bonchev–Trinajstić information content (AvgIpc) is 2.84. The van der Waals surface area contributed by atoms with Gasteiger partial charge in [0.1, 0.15) is 16.6 Å². The van der Waals surface area contributed by atoms with E-state index in [0.29, 0.717) is 0 Å². The zero-order chi connectivity index (χ0) is 10.7. The first-order valence-electron chi connectivity index (χ1n) is 5.41. The Morgan fingerprint density at radius 2 is 2.27 bits per heavy atom. The van der Waals surface area contributed by atoms with Crippen molar-refractivity contribution in [2.75, 3.05) is 11.9 Å². The van der Waals surface area contributed by atoms with Crippen molar-refractivity contribution in [2.24, 2.45) is 5.92 Å². The number of anilines is 1. The molecule has 0 amide bonds. The standard InChI is InChI=1S/C11H15N3S/c1-8-10(6-12)11(15-14-8)13-7-9-4-2-3-5-9/h9,13H,2-5,7H2,1H3. The Hall–Kier alpha value is -1.08. The van der Waals surface area contributed by atoms with Gasteiger partial charge in [0.25, 0.3) is 0 Å². The van der Waals surface area contributed by atoms with Crippen LogP contribution in [-0.4, -0.2) is 10.9 Å². The molecule has 1 fully saturated rings. The number of hydrogen-bond donors (Lipinski definition) is 1. The lowest BCUT2D eigenvalue weighted by molar-refractivity contribution is 0.580. The molecule has 0 aromatic carbocycles. The van der Waals surface area contributed by atoms with E-state index in [-0.39, 0.29) is 0 Å². The smallest absolute Gasteiger partial charge is 0.127 e. The maximum Gasteiger partial charge on any atom is 0.127 e. The molecule has 3 nitrogen and oxygen atoms in total. The van der Waals surface area contributed by atoms with Crippen molar-refractivity contribution in [3.8, 4) is 6.07 Å². The molecule has 1 heterocycles. The van der Waals surface area contributed by atoms with Crippen molar-refractivity contribution in [1.29, 1.82) is 5.26 Å². The van der Waals surface area contributed by atoms with E-state index < -0.39 is 0 Å². The highest BCUT2D eigenvalue weighted by atomic mass is 32.1. The van der Waals surface area contributed by atoms with Crippen LogP contribution in [0.2, 0.25) is 0 Å². The second-order valence-corrected chi connectivity index (χ2v) is 4.89. The van der Waals surface area contributed by atoms with Gasteiger partial charge >= 0.3 is 0 Å². The molecule has 0 radical (unpaired) electrons. The largest absolute Gasteiger partial charge is 0.374 e. The summed E-state index contributed by atoms with van der Waals surface area (Å²) in [7, 11) is 0. The molecule has 1 aromatic heterocycles. The summed E-state index contributed by atoms with van der Waals surface area (Å²) in [6.07, 6.45) is 5.37. The van der Waals surface area contributed by atoms with E-state index >= 15 is 0 Å². The van der Waals surface area contributed by atoms with E-state index in [1.165, 1.54) is 37.2 Å². The van der Waals surface area contributed by atoms with Gasteiger partial charge in [0, 0.05) is 6.54 Å². The Labute approximate surface area is 94.3 Å². The minimum Gasteiger partial charge on any atom is -0.374 e. The first-order valence-corrected chi connectivity index (χ1v) is 6.19. The number of aromatic nitrogens is 1. The monoisotopic (exact) mass is 221 g/mol. The summed E-state index contributed by atoms with van der Waals surface area (Å²) in [5.41, 5.74) is 1.56. The van der Waals surface area contributed by atoms with E-state index in [1.54, 1.807) is 0 Å². The van der Waals surface area contributed by atoms with Gasteiger partial charge in [-0.15, -0.1) is 0 Å². The quantitative estimate of drug-likeness (QED) is 0.853. The maximum absolute atomic E-state index is 8.96. The topological polar surface area (TPSA) is 48.7 Å². The lowest BCUT2D eigenvalue weighted by atomic mass is 10.1. The molecule has 2 rings (SSSR count). The van der Waals surface area contributed by atoms with Gasteiger partial charge in [-0.1, -0.05) is 12.8 Å². The normalized spacial score (nSPS) is 16.5. The summed E-state index contributed by atoms with van der Waals surface area (Å²) in [6.45, 7) is 2.88. The van der Waals surface area contributed by atoms with E-state index in [0.717, 1.165) is 28.7 Å². The van der Waals surface area contributed by atoms with Crippen LogP contribution in [-0.2, 0) is 0 Å². The number of aryl methyl sites for hydroxylation is 1. The lowest BCUT2D eigenvalue weighted by Gasteiger charge is -2.09. The Morgan fingerprint density at radius 3 is 2.93 bits per heavy atom. The van der Waals surface area contributed by atoms with Crippen LogP contribution in [0.5, 0.6) is 0 Å². The van der Waals surface area contributed by atoms with E-state index in [2.05, 4.69) is 15.8 Å². The molecule has 1 aliphatic rings. The fraction of sp³-hybridized carbons (Fsp3) is 0.636. The van der Waals surface area contributed by atoms with Crippen LogP contribution >= 0.6 is 11.5 Å². The van der Waals surface area contributed by atoms with Gasteiger partial charge in [0.15, 0.2) is 0 Å². The third kappa shape index (κ3) is 2.29. The number of hydrogen-bond acceptors (Lipinski definition) is 4. The van der Waals surface area contributed by atoms with Crippen molar-refractivity contribution in [3.63, 3.8) is 0 Å². The van der Waals surface area contributed by atoms with Gasteiger partial charge in [0.05, 0.1) is 5.69 Å². The van der Waals surface area contributed by atoms with Gasteiger partial charge in [-0.25, -0.2) is 0 Å². The zero-order valence-electron chi connectivity index (χ0n) is 8.92. The van der Waals surface area contributed by atoms with Crippen molar-refractivity contribution in [3.05, 3.63) is 11.3 Å². The number of rotatable bonds is 3. The maximum atomic E-state index is 8.96. The number of nitrogens with one attached hydrogen (secondary N) is 1. The molecule has 1 N–H and O–H groups in total. The highest BCUT2D eigenvalue weighted by Crippen LogP contribution is 2.27. The molecule has 0 saturated heterocycles. The van der Waals surface area contributed by atoms with Crippen molar-refractivity contribution in [1.82, 2.24) is 4.37 Å². The van der Waals surface area contributed by atoms with Crippen LogP contribution in [0.15, 0.2) is 0 Å². The third-order valence-electron chi connectivity index (χ3n) is 3.00. The minimum absolute atomic E-state index is 0.720. The van der Waals surface area contributed by atoms with Gasteiger partial charge in [-0.05, 0) is 37.2 Å². The lowest BCUT2D eigenvalue weighted by Crippen LogP contribution is -2.10. The summed E-state index contributed by atoms with van der Waals surface area (Å²) >= 11 is 1.40. The molecule has 1 aromatic rings. The van der Waals surface area contributed by atoms with Crippen LogP contribution in [0.1, 0.15) is 36.9 Å². The SMILES string of the molecule is Cc1nsc(NCC2CCCC2)c1C#N. The molecule has 0 atom stereocenters. The molecule has 80 valence electrons. The van der Waals surface area contributed by atoms with Crippen LogP contribution < -0.4 is 5.32 Å². The van der Waals surface area contributed by atoms with Crippen LogP contribution in [0.3, 0.4) is 0 Å². The highest BCUT2D eigenvalue weighted by molar-refractivity contribution is 7.10. The van der Waals surface area contributed by atoms with Crippen molar-refractivity contribution in [2.45, 2.75) is 32.6 Å². The van der Waals surface area contributed by atoms with Crippen LogP contribution in [0.25, 0.3) is 0 Å². The van der Waals surface area contributed by atoms with Crippen molar-refractivity contribution >= 4 is 16.5 Å². The fourth-order valence-corrected chi connectivity index (χ4v) is 2.83. The van der Waals surface area contributed by atoms with E-state index in [9.17, 15) is 0 Å². The summed E-state index contributed by atoms with van der Waals surface area (Å²) in [4.78, 5) is 0. The van der Waals surface area contributed by atoms with Gasteiger partial charge in [-0.3, -0.25) is 0 Å². The summed E-state index contributed by atoms with van der Waals surface area (Å²) < 4.78 is 4.19. The Bertz CT molecular complexity index is 372. The molecule has 0 aliphatic heterocycles. The molecule has 0 spiro atoms. The van der Waals surface area contributed by atoms with Gasteiger partial charge in [0.2, 0.25) is 0 Å². The third-order valence-corrected chi connectivity index (χ3v) is 3.90. The molecule has 0 bridgehead atoms. The van der Waals surface area contributed by atoms with Gasteiger partial charge < -0.3 is 5.32 Å². The van der Waals surface area contributed by atoms with E-state index in [4.69, 9.17) is 5.26 Å².